The summed E-state index contributed by atoms with van der Waals surface area (Å²) in [4.78, 5) is 6.32. The Bertz CT molecular complexity index is 683. The summed E-state index contributed by atoms with van der Waals surface area (Å²) in [5, 5.41) is 1.25. The molecule has 0 aliphatic carbocycles. The summed E-state index contributed by atoms with van der Waals surface area (Å²) in [5.41, 5.74) is 2.49. The van der Waals surface area contributed by atoms with E-state index in [4.69, 9.17) is 23.2 Å². The lowest BCUT2D eigenvalue weighted by molar-refractivity contribution is 0.259. The lowest BCUT2D eigenvalue weighted by atomic mass is 10.2. The zero-order chi connectivity index (χ0) is 17.6. The molecule has 0 spiro atoms. The highest BCUT2D eigenvalue weighted by Gasteiger charge is 2.17. The summed E-state index contributed by atoms with van der Waals surface area (Å²) in [5.74, 6) is 1.18. The van der Waals surface area contributed by atoms with Crippen LogP contribution in [0.5, 0.6) is 0 Å². The molecule has 2 aromatic rings. The van der Waals surface area contributed by atoms with E-state index in [1.807, 2.05) is 23.9 Å². The molecule has 0 aromatic heterocycles. The van der Waals surface area contributed by atoms with Crippen molar-refractivity contribution in [2.24, 2.45) is 0 Å². The van der Waals surface area contributed by atoms with E-state index in [2.05, 4.69) is 47.1 Å². The lowest BCUT2D eigenvalue weighted by Crippen LogP contribution is -2.46. The predicted molar refractivity (Wildman–Crippen MR) is 112 cm³/mol. The Kier molecular flexibility index (Phi) is 6.94. The van der Waals surface area contributed by atoms with E-state index >= 15 is 0 Å². The molecule has 1 aliphatic heterocycles. The third kappa shape index (κ3) is 5.55. The molecule has 0 N–H and O–H groups in total. The Labute approximate surface area is 165 Å². The van der Waals surface area contributed by atoms with Crippen LogP contribution in [0.1, 0.15) is 12.0 Å². The van der Waals surface area contributed by atoms with E-state index < -0.39 is 0 Å². The number of thioether (sulfide) groups is 1. The van der Waals surface area contributed by atoms with Crippen LogP contribution in [0, 0.1) is 6.92 Å². The number of hydrogen-bond acceptors (Lipinski definition) is 3. The van der Waals surface area contributed by atoms with Crippen molar-refractivity contribution in [2.45, 2.75) is 18.2 Å². The molecule has 3 rings (SSSR count). The minimum atomic E-state index is 0.620. The number of benzene rings is 2. The zero-order valence-electron chi connectivity index (χ0n) is 14.5. The zero-order valence-corrected chi connectivity index (χ0v) is 16.9. The molecule has 1 heterocycles. The highest BCUT2D eigenvalue weighted by atomic mass is 35.5. The number of rotatable bonds is 6. The van der Waals surface area contributed by atoms with Gasteiger partial charge in [-0.15, -0.1) is 11.8 Å². The summed E-state index contributed by atoms with van der Waals surface area (Å²) in [6.45, 7) is 7.61. The molecule has 2 nitrogen and oxygen atoms in total. The van der Waals surface area contributed by atoms with Crippen molar-refractivity contribution < 1.29 is 0 Å². The van der Waals surface area contributed by atoms with Gasteiger partial charge in [-0.05, 0) is 56.0 Å². The van der Waals surface area contributed by atoms with Gasteiger partial charge in [0, 0.05) is 36.8 Å². The Hall–Kier alpha value is -0.870. The van der Waals surface area contributed by atoms with Crippen molar-refractivity contribution in [2.75, 3.05) is 43.4 Å². The Morgan fingerprint density at radius 3 is 2.32 bits per heavy atom. The van der Waals surface area contributed by atoms with E-state index in [9.17, 15) is 0 Å². The summed E-state index contributed by atoms with van der Waals surface area (Å²) < 4.78 is 0. The summed E-state index contributed by atoms with van der Waals surface area (Å²) in [7, 11) is 0. The first-order valence-electron chi connectivity index (χ1n) is 8.73. The number of piperazine rings is 1. The van der Waals surface area contributed by atoms with Gasteiger partial charge in [0.1, 0.15) is 0 Å². The van der Waals surface area contributed by atoms with Gasteiger partial charge in [0.25, 0.3) is 0 Å². The topological polar surface area (TPSA) is 6.48 Å². The molecular formula is C20H24Cl2N2S. The fourth-order valence-corrected chi connectivity index (χ4v) is 4.15. The monoisotopic (exact) mass is 394 g/mol. The van der Waals surface area contributed by atoms with Crippen molar-refractivity contribution in [1.29, 1.82) is 0 Å². The molecule has 25 heavy (non-hydrogen) atoms. The highest BCUT2D eigenvalue weighted by Crippen LogP contribution is 2.27. The second-order valence-corrected chi connectivity index (χ2v) is 8.42. The SMILES string of the molecule is Cc1ccc(SCCCN2CCN(c3ccc(Cl)c(Cl)c3)CC2)cc1. The van der Waals surface area contributed by atoms with Crippen LogP contribution in [-0.2, 0) is 0 Å². The lowest BCUT2D eigenvalue weighted by Gasteiger charge is -2.36. The molecule has 2 aromatic carbocycles. The van der Waals surface area contributed by atoms with Crippen LogP contribution < -0.4 is 4.90 Å². The van der Waals surface area contributed by atoms with Crippen molar-refractivity contribution in [1.82, 2.24) is 4.90 Å². The number of anilines is 1. The van der Waals surface area contributed by atoms with Gasteiger partial charge in [-0.2, -0.15) is 0 Å². The first-order valence-corrected chi connectivity index (χ1v) is 10.5. The smallest absolute Gasteiger partial charge is 0.0612 e. The van der Waals surface area contributed by atoms with E-state index in [0.29, 0.717) is 10.0 Å². The third-order valence-corrected chi connectivity index (χ3v) is 6.39. The normalized spacial score (nSPS) is 15.6. The third-order valence-electron chi connectivity index (χ3n) is 4.55. The molecule has 0 atom stereocenters. The largest absolute Gasteiger partial charge is 0.369 e. The first kappa shape index (κ1) is 18.9. The summed E-state index contributed by atoms with van der Waals surface area (Å²) >= 11 is 14.1. The predicted octanol–water partition coefficient (Wildman–Crippen LogP) is 5.61. The fourth-order valence-electron chi connectivity index (χ4n) is 3.02. The number of halogens is 2. The molecule has 0 amide bonds. The molecule has 1 saturated heterocycles. The number of aryl methyl sites for hydroxylation is 1. The Balaban J connectivity index is 1.37. The average Bonchev–Trinajstić information content (AvgIpc) is 2.63. The van der Waals surface area contributed by atoms with Gasteiger partial charge in [-0.3, -0.25) is 4.90 Å². The van der Waals surface area contributed by atoms with Crippen LogP contribution in [0.3, 0.4) is 0 Å². The maximum atomic E-state index is 6.13. The molecule has 0 unspecified atom stereocenters. The molecule has 5 heteroatoms. The van der Waals surface area contributed by atoms with E-state index in [-0.39, 0.29) is 0 Å². The quantitative estimate of drug-likeness (QED) is 0.464. The summed E-state index contributed by atoms with van der Waals surface area (Å²) in [6.07, 6.45) is 1.23. The molecule has 134 valence electrons. The number of hydrogen-bond donors (Lipinski definition) is 0. The van der Waals surface area contributed by atoms with Crippen molar-refractivity contribution >= 4 is 40.7 Å². The number of nitrogens with zero attached hydrogens (tertiary/aromatic N) is 2. The van der Waals surface area contributed by atoms with Gasteiger partial charge < -0.3 is 4.90 Å². The van der Waals surface area contributed by atoms with Crippen LogP contribution in [0.25, 0.3) is 0 Å². The van der Waals surface area contributed by atoms with E-state index in [0.717, 1.165) is 26.2 Å². The first-order chi connectivity index (χ1) is 12.1. The van der Waals surface area contributed by atoms with Gasteiger partial charge in [0.05, 0.1) is 10.0 Å². The molecule has 1 aliphatic rings. The molecule has 0 saturated carbocycles. The van der Waals surface area contributed by atoms with Gasteiger partial charge in [-0.1, -0.05) is 40.9 Å². The maximum Gasteiger partial charge on any atom is 0.0612 e. The van der Waals surface area contributed by atoms with Crippen molar-refractivity contribution in [3.05, 3.63) is 58.1 Å². The molecule has 1 fully saturated rings. The minimum Gasteiger partial charge on any atom is -0.369 e. The van der Waals surface area contributed by atoms with E-state index in [1.54, 1.807) is 0 Å². The van der Waals surface area contributed by atoms with Gasteiger partial charge in [0.2, 0.25) is 0 Å². The Morgan fingerprint density at radius 1 is 0.920 bits per heavy atom. The molecular weight excluding hydrogens is 371 g/mol. The van der Waals surface area contributed by atoms with Crippen molar-refractivity contribution in [3.63, 3.8) is 0 Å². The second kappa shape index (κ2) is 9.18. The fraction of sp³-hybridized carbons (Fsp3) is 0.400. The van der Waals surface area contributed by atoms with E-state index in [1.165, 1.54) is 34.9 Å². The van der Waals surface area contributed by atoms with Crippen LogP contribution in [0.4, 0.5) is 5.69 Å². The van der Waals surface area contributed by atoms with Gasteiger partial charge >= 0.3 is 0 Å². The molecule has 0 bridgehead atoms. The van der Waals surface area contributed by atoms with Gasteiger partial charge in [0.15, 0.2) is 0 Å². The highest BCUT2D eigenvalue weighted by molar-refractivity contribution is 7.99. The second-order valence-electron chi connectivity index (χ2n) is 6.44. The summed E-state index contributed by atoms with van der Waals surface area (Å²) in [6, 6.07) is 14.7. The van der Waals surface area contributed by atoms with Crippen LogP contribution in [0.2, 0.25) is 10.0 Å². The van der Waals surface area contributed by atoms with Gasteiger partial charge in [-0.25, -0.2) is 0 Å². The van der Waals surface area contributed by atoms with Crippen LogP contribution >= 0.6 is 35.0 Å². The molecule has 0 radical (unpaired) electrons. The average molecular weight is 395 g/mol. The standard InChI is InChI=1S/C20H24Cl2N2S/c1-16-3-6-18(7-4-16)25-14-2-9-23-10-12-24(13-11-23)17-5-8-19(21)20(22)15-17/h3-8,15H,2,9-14H2,1H3. The Morgan fingerprint density at radius 2 is 1.64 bits per heavy atom. The minimum absolute atomic E-state index is 0.620. The van der Waals surface area contributed by atoms with Crippen LogP contribution in [-0.4, -0.2) is 43.4 Å². The van der Waals surface area contributed by atoms with Crippen LogP contribution in [0.15, 0.2) is 47.4 Å². The van der Waals surface area contributed by atoms with Crippen molar-refractivity contribution in [3.8, 4) is 0 Å². The maximum absolute atomic E-state index is 6.13.